The molecule has 0 nitrogen and oxygen atoms in total. The molecule has 0 saturated heterocycles. The molecule has 0 spiro atoms. The van der Waals surface area contributed by atoms with Gasteiger partial charge in [-0.25, -0.2) is 0 Å². The van der Waals surface area contributed by atoms with Crippen molar-refractivity contribution < 1.29 is 0 Å². The Morgan fingerprint density at radius 1 is 1.08 bits per heavy atom. The van der Waals surface area contributed by atoms with Crippen LogP contribution in [0.5, 0.6) is 0 Å². The minimum absolute atomic E-state index is 0.869. The van der Waals surface area contributed by atoms with Crippen molar-refractivity contribution in [1.29, 1.82) is 0 Å². The Balaban J connectivity index is 3.41. The van der Waals surface area contributed by atoms with Crippen molar-refractivity contribution in [3.8, 4) is 0 Å². The lowest BCUT2D eigenvalue weighted by molar-refractivity contribution is 0.460. The molecule has 13 heavy (non-hydrogen) atoms. The van der Waals surface area contributed by atoms with Crippen LogP contribution >= 0.6 is 0 Å². The molecule has 0 aromatic heterocycles. The monoisotopic (exact) mass is 182 g/mol. The molecule has 0 aliphatic carbocycles. The predicted octanol–water partition coefficient (Wildman–Crippen LogP) is 4.81. The van der Waals surface area contributed by atoms with E-state index in [0.717, 1.165) is 11.8 Å². The van der Waals surface area contributed by atoms with Crippen LogP contribution in [0.4, 0.5) is 0 Å². The topological polar surface area (TPSA) is 0 Å². The van der Waals surface area contributed by atoms with Gasteiger partial charge >= 0.3 is 0 Å². The van der Waals surface area contributed by atoms with Crippen LogP contribution in [-0.2, 0) is 0 Å². The summed E-state index contributed by atoms with van der Waals surface area (Å²) >= 11 is 0. The Bertz CT molecular complexity index is 138. The molecule has 0 aliphatic rings. The highest BCUT2D eigenvalue weighted by molar-refractivity contribution is 4.93. The molecule has 0 heterocycles. The van der Waals surface area contributed by atoms with E-state index in [9.17, 15) is 0 Å². The first kappa shape index (κ1) is 12.7. The molecular weight excluding hydrogens is 156 g/mol. The molecule has 0 rings (SSSR count). The highest BCUT2D eigenvalue weighted by Gasteiger charge is 2.00. The van der Waals surface area contributed by atoms with E-state index in [-0.39, 0.29) is 0 Å². The lowest BCUT2D eigenvalue weighted by Crippen LogP contribution is -1.95. The minimum atomic E-state index is 0.869. The zero-order valence-corrected chi connectivity index (χ0v) is 10.1. The van der Waals surface area contributed by atoms with Crippen molar-refractivity contribution in [1.82, 2.24) is 0 Å². The second-order valence-corrected chi connectivity index (χ2v) is 4.95. The predicted molar refractivity (Wildman–Crippen MR) is 61.9 cm³/mol. The summed E-state index contributed by atoms with van der Waals surface area (Å²) in [6, 6.07) is 0. The fourth-order valence-electron chi connectivity index (χ4n) is 1.43. The van der Waals surface area contributed by atoms with Crippen molar-refractivity contribution in [2.75, 3.05) is 0 Å². The Kier molecular flexibility index (Phi) is 7.03. The third kappa shape index (κ3) is 9.66. The van der Waals surface area contributed by atoms with Crippen molar-refractivity contribution in [3.05, 3.63) is 11.6 Å². The van der Waals surface area contributed by atoms with Crippen molar-refractivity contribution >= 4 is 0 Å². The van der Waals surface area contributed by atoms with Gasteiger partial charge in [0.1, 0.15) is 0 Å². The summed E-state index contributed by atoms with van der Waals surface area (Å²) in [6.07, 6.45) is 7.80. The van der Waals surface area contributed by atoms with Crippen LogP contribution in [-0.4, -0.2) is 0 Å². The van der Waals surface area contributed by atoms with Crippen molar-refractivity contribution in [3.63, 3.8) is 0 Å². The summed E-state index contributed by atoms with van der Waals surface area (Å²) in [5.74, 6) is 1.74. The van der Waals surface area contributed by atoms with Crippen LogP contribution in [0.25, 0.3) is 0 Å². The molecule has 0 fully saturated rings. The van der Waals surface area contributed by atoms with E-state index in [1.165, 1.54) is 31.3 Å². The molecule has 0 radical (unpaired) electrons. The summed E-state index contributed by atoms with van der Waals surface area (Å²) in [7, 11) is 0. The van der Waals surface area contributed by atoms with Gasteiger partial charge in [0, 0.05) is 0 Å². The first-order valence-corrected chi connectivity index (χ1v) is 5.65. The van der Waals surface area contributed by atoms with Gasteiger partial charge in [0.15, 0.2) is 0 Å². The van der Waals surface area contributed by atoms with Gasteiger partial charge < -0.3 is 0 Å². The number of hydrogen-bond donors (Lipinski definition) is 0. The maximum absolute atomic E-state index is 2.36. The number of hydrogen-bond acceptors (Lipinski definition) is 0. The summed E-state index contributed by atoms with van der Waals surface area (Å²) in [6.45, 7) is 11.3. The fourth-order valence-corrected chi connectivity index (χ4v) is 1.43. The van der Waals surface area contributed by atoms with Crippen LogP contribution in [0.3, 0.4) is 0 Å². The molecule has 0 heteroatoms. The molecular formula is C13H26. The molecule has 0 bridgehead atoms. The Labute approximate surface area is 84.4 Å². The van der Waals surface area contributed by atoms with Gasteiger partial charge in [0.25, 0.3) is 0 Å². The van der Waals surface area contributed by atoms with Crippen molar-refractivity contribution in [2.24, 2.45) is 11.8 Å². The molecule has 1 atom stereocenters. The van der Waals surface area contributed by atoms with Gasteiger partial charge in [-0.1, -0.05) is 51.7 Å². The summed E-state index contributed by atoms with van der Waals surface area (Å²) < 4.78 is 0. The van der Waals surface area contributed by atoms with Gasteiger partial charge in [-0.3, -0.25) is 0 Å². The largest absolute Gasteiger partial charge is 0.0856 e. The third-order valence-electron chi connectivity index (χ3n) is 2.41. The van der Waals surface area contributed by atoms with Gasteiger partial charge in [0.05, 0.1) is 0 Å². The van der Waals surface area contributed by atoms with E-state index in [2.05, 4.69) is 40.7 Å². The average molecular weight is 182 g/mol. The molecule has 0 saturated carbocycles. The highest BCUT2D eigenvalue weighted by Crippen LogP contribution is 2.16. The standard InChI is InChI=1S/C13H26/c1-11(2)7-6-8-13(5)10-9-12(3)4/h9,11,13H,6-8,10H2,1-5H3. The lowest BCUT2D eigenvalue weighted by atomic mass is 9.97. The zero-order valence-electron chi connectivity index (χ0n) is 10.1. The van der Waals surface area contributed by atoms with Crippen molar-refractivity contribution in [2.45, 2.75) is 60.3 Å². The van der Waals surface area contributed by atoms with E-state index in [1.54, 1.807) is 0 Å². The van der Waals surface area contributed by atoms with Crippen LogP contribution in [0.1, 0.15) is 60.3 Å². The smallest absolute Gasteiger partial charge is 0.0322 e. The fraction of sp³-hybridized carbons (Fsp3) is 0.846. The maximum Gasteiger partial charge on any atom is -0.0322 e. The van der Waals surface area contributed by atoms with E-state index in [0.29, 0.717) is 0 Å². The van der Waals surface area contributed by atoms with Gasteiger partial charge in [-0.2, -0.15) is 0 Å². The van der Waals surface area contributed by atoms with E-state index in [1.807, 2.05) is 0 Å². The summed E-state index contributed by atoms with van der Waals surface area (Å²) in [5, 5.41) is 0. The first-order valence-electron chi connectivity index (χ1n) is 5.65. The van der Waals surface area contributed by atoms with E-state index >= 15 is 0 Å². The molecule has 0 aromatic carbocycles. The third-order valence-corrected chi connectivity index (χ3v) is 2.41. The second kappa shape index (κ2) is 7.17. The Morgan fingerprint density at radius 3 is 2.15 bits per heavy atom. The molecule has 0 amide bonds. The van der Waals surface area contributed by atoms with Gasteiger partial charge in [-0.05, 0) is 32.1 Å². The van der Waals surface area contributed by atoms with Crippen LogP contribution < -0.4 is 0 Å². The normalized spacial score (nSPS) is 13.1. The van der Waals surface area contributed by atoms with E-state index in [4.69, 9.17) is 0 Å². The first-order chi connectivity index (χ1) is 6.02. The van der Waals surface area contributed by atoms with Gasteiger partial charge in [0.2, 0.25) is 0 Å². The van der Waals surface area contributed by atoms with Gasteiger partial charge in [-0.15, -0.1) is 0 Å². The lowest BCUT2D eigenvalue weighted by Gasteiger charge is -2.10. The van der Waals surface area contributed by atoms with Crippen LogP contribution in [0.2, 0.25) is 0 Å². The Hall–Kier alpha value is -0.260. The number of rotatable bonds is 6. The molecule has 78 valence electrons. The average Bonchev–Trinajstić information content (AvgIpc) is 2.00. The summed E-state index contributed by atoms with van der Waals surface area (Å²) in [4.78, 5) is 0. The SMILES string of the molecule is CC(C)=CCC(C)CCCC(C)C. The Morgan fingerprint density at radius 2 is 1.69 bits per heavy atom. The summed E-state index contributed by atoms with van der Waals surface area (Å²) in [5.41, 5.74) is 1.45. The number of allylic oxidation sites excluding steroid dienone is 2. The molecule has 0 aliphatic heterocycles. The highest BCUT2D eigenvalue weighted by atomic mass is 14.1. The van der Waals surface area contributed by atoms with Crippen LogP contribution in [0.15, 0.2) is 11.6 Å². The van der Waals surface area contributed by atoms with E-state index < -0.39 is 0 Å². The molecule has 1 unspecified atom stereocenters. The minimum Gasteiger partial charge on any atom is -0.0856 e. The van der Waals surface area contributed by atoms with Crippen LogP contribution in [0, 0.1) is 11.8 Å². The molecule has 0 N–H and O–H groups in total. The molecule has 0 aromatic rings. The zero-order chi connectivity index (χ0) is 10.3. The quantitative estimate of drug-likeness (QED) is 0.517. The second-order valence-electron chi connectivity index (χ2n) is 4.95. The maximum atomic E-state index is 2.36.